The van der Waals surface area contributed by atoms with Crippen LogP contribution in [0.4, 0.5) is 0 Å². The molecule has 156 valence electrons. The van der Waals surface area contributed by atoms with Gasteiger partial charge < -0.3 is 19.5 Å². The maximum atomic E-state index is 12.2. The summed E-state index contributed by atoms with van der Waals surface area (Å²) in [6, 6.07) is 16.3. The number of rotatable bonds is 10. The first kappa shape index (κ1) is 21.3. The van der Waals surface area contributed by atoms with E-state index in [0.29, 0.717) is 42.6 Å². The zero-order valence-electron chi connectivity index (χ0n) is 17.1. The first-order valence-corrected chi connectivity index (χ1v) is 9.80. The molecule has 0 spiro atoms. The Kier molecular flexibility index (Phi) is 7.74. The molecule has 0 aliphatic rings. The van der Waals surface area contributed by atoms with Gasteiger partial charge in [-0.25, -0.2) is 9.97 Å². The molecule has 2 aromatic carbocycles. The van der Waals surface area contributed by atoms with Crippen molar-refractivity contribution in [2.45, 2.75) is 13.3 Å². The van der Waals surface area contributed by atoms with Crippen LogP contribution in [0.1, 0.15) is 23.7 Å². The normalized spacial score (nSPS) is 10.5. The lowest BCUT2D eigenvalue weighted by atomic mass is 10.1. The van der Waals surface area contributed by atoms with E-state index >= 15 is 0 Å². The fraction of sp³-hybridized carbons (Fsp3) is 0.261. The number of methoxy groups -OCH3 is 1. The highest BCUT2D eigenvalue weighted by molar-refractivity contribution is 5.94. The largest absolute Gasteiger partial charge is 0.497 e. The summed E-state index contributed by atoms with van der Waals surface area (Å²) in [6.07, 6.45) is 2.24. The van der Waals surface area contributed by atoms with Crippen molar-refractivity contribution in [3.63, 3.8) is 0 Å². The molecular weight excluding hydrogens is 382 g/mol. The van der Waals surface area contributed by atoms with Gasteiger partial charge in [0.05, 0.1) is 12.8 Å². The number of carbonyl (C=O) groups is 1. The van der Waals surface area contributed by atoms with Crippen molar-refractivity contribution in [1.82, 2.24) is 15.3 Å². The molecule has 3 aromatic rings. The van der Waals surface area contributed by atoms with Crippen molar-refractivity contribution >= 4 is 5.91 Å². The van der Waals surface area contributed by atoms with E-state index in [1.165, 1.54) is 6.33 Å². The topological polar surface area (TPSA) is 82.6 Å². The van der Waals surface area contributed by atoms with Crippen LogP contribution in [0.3, 0.4) is 0 Å². The Bertz CT molecular complexity index is 943. The van der Waals surface area contributed by atoms with E-state index in [9.17, 15) is 4.79 Å². The minimum atomic E-state index is -0.107. The van der Waals surface area contributed by atoms with Crippen LogP contribution in [-0.2, 0) is 4.74 Å². The zero-order valence-corrected chi connectivity index (χ0v) is 17.1. The molecule has 0 atom stereocenters. The van der Waals surface area contributed by atoms with Crippen molar-refractivity contribution < 1.29 is 19.0 Å². The van der Waals surface area contributed by atoms with E-state index < -0.39 is 0 Å². The van der Waals surface area contributed by atoms with Gasteiger partial charge in [-0.05, 0) is 49.7 Å². The summed E-state index contributed by atoms with van der Waals surface area (Å²) in [6.45, 7) is 3.86. The SMILES string of the molecule is CCOCCCNC(=O)c1ccc(-c2cc(Oc3ccc(OC)cc3)ncn2)cc1. The molecule has 0 aliphatic carbocycles. The molecule has 1 aromatic heterocycles. The standard InChI is InChI=1S/C23H25N3O4/c1-3-29-14-4-13-24-23(27)18-7-5-17(6-8-18)21-15-22(26-16-25-21)30-20-11-9-19(28-2)10-12-20/h5-12,15-16H,3-4,13-14H2,1-2H3,(H,24,27). The summed E-state index contributed by atoms with van der Waals surface area (Å²) >= 11 is 0. The van der Waals surface area contributed by atoms with Gasteiger partial charge in [-0.3, -0.25) is 4.79 Å². The highest BCUT2D eigenvalue weighted by atomic mass is 16.5. The first-order chi connectivity index (χ1) is 14.7. The maximum absolute atomic E-state index is 12.2. The Balaban J connectivity index is 1.61. The molecule has 0 radical (unpaired) electrons. The molecule has 1 N–H and O–H groups in total. The molecule has 0 fully saturated rings. The average molecular weight is 407 g/mol. The molecule has 0 saturated heterocycles. The van der Waals surface area contributed by atoms with E-state index in [2.05, 4.69) is 15.3 Å². The molecule has 7 nitrogen and oxygen atoms in total. The van der Waals surface area contributed by atoms with E-state index in [-0.39, 0.29) is 5.91 Å². The minimum absolute atomic E-state index is 0.107. The third-order valence-electron chi connectivity index (χ3n) is 4.32. The van der Waals surface area contributed by atoms with Crippen molar-refractivity contribution in [3.8, 4) is 28.6 Å². The maximum Gasteiger partial charge on any atom is 0.251 e. The fourth-order valence-electron chi connectivity index (χ4n) is 2.73. The number of aromatic nitrogens is 2. The Morgan fingerprint density at radius 1 is 1.00 bits per heavy atom. The summed E-state index contributed by atoms with van der Waals surface area (Å²) < 4.78 is 16.2. The summed E-state index contributed by atoms with van der Waals surface area (Å²) in [7, 11) is 1.62. The lowest BCUT2D eigenvalue weighted by molar-refractivity contribution is 0.0944. The predicted octanol–water partition coefficient (Wildman–Crippen LogP) is 4.10. The molecule has 1 heterocycles. The zero-order chi connectivity index (χ0) is 21.2. The van der Waals surface area contributed by atoms with Gasteiger partial charge in [0.2, 0.25) is 5.88 Å². The van der Waals surface area contributed by atoms with Crippen molar-refractivity contribution in [2.75, 3.05) is 26.9 Å². The van der Waals surface area contributed by atoms with Crippen LogP contribution in [0.15, 0.2) is 60.9 Å². The number of nitrogens with zero attached hydrogens (tertiary/aromatic N) is 2. The number of amides is 1. The molecule has 0 saturated carbocycles. The Labute approximate surface area is 176 Å². The second kappa shape index (κ2) is 10.9. The van der Waals surface area contributed by atoms with Gasteiger partial charge in [-0.2, -0.15) is 0 Å². The lowest BCUT2D eigenvalue weighted by Gasteiger charge is -2.08. The first-order valence-electron chi connectivity index (χ1n) is 9.80. The highest BCUT2D eigenvalue weighted by Crippen LogP contribution is 2.25. The number of benzene rings is 2. The van der Waals surface area contributed by atoms with Crippen molar-refractivity contribution in [1.29, 1.82) is 0 Å². The van der Waals surface area contributed by atoms with Gasteiger partial charge >= 0.3 is 0 Å². The van der Waals surface area contributed by atoms with Gasteiger partial charge in [0, 0.05) is 37.0 Å². The van der Waals surface area contributed by atoms with Crippen molar-refractivity contribution in [3.05, 3.63) is 66.5 Å². The Morgan fingerprint density at radius 2 is 1.73 bits per heavy atom. The number of hydrogen-bond acceptors (Lipinski definition) is 6. The van der Waals surface area contributed by atoms with E-state index in [1.807, 2.05) is 43.3 Å². The second-order valence-corrected chi connectivity index (χ2v) is 6.40. The quantitative estimate of drug-likeness (QED) is 0.510. The molecule has 3 rings (SSSR count). The molecule has 0 bridgehead atoms. The molecule has 0 unspecified atom stereocenters. The average Bonchev–Trinajstić information content (AvgIpc) is 2.79. The predicted molar refractivity (Wildman–Crippen MR) is 114 cm³/mol. The van der Waals surface area contributed by atoms with Gasteiger partial charge in [-0.15, -0.1) is 0 Å². The highest BCUT2D eigenvalue weighted by Gasteiger charge is 2.08. The molecule has 7 heteroatoms. The molecule has 30 heavy (non-hydrogen) atoms. The van der Waals surface area contributed by atoms with Gasteiger partial charge in [0.1, 0.15) is 17.8 Å². The third kappa shape index (κ3) is 6.02. The molecule has 1 amide bonds. The summed E-state index contributed by atoms with van der Waals surface area (Å²) in [5.41, 5.74) is 2.17. The summed E-state index contributed by atoms with van der Waals surface area (Å²) in [4.78, 5) is 20.7. The van der Waals surface area contributed by atoms with Gasteiger partial charge in [0.15, 0.2) is 0 Å². The van der Waals surface area contributed by atoms with Crippen LogP contribution in [0.2, 0.25) is 0 Å². The van der Waals surface area contributed by atoms with Crippen LogP contribution in [0.5, 0.6) is 17.4 Å². The van der Waals surface area contributed by atoms with E-state index in [0.717, 1.165) is 17.7 Å². The van der Waals surface area contributed by atoms with Gasteiger partial charge in [-0.1, -0.05) is 12.1 Å². The van der Waals surface area contributed by atoms with Crippen LogP contribution >= 0.6 is 0 Å². The minimum Gasteiger partial charge on any atom is -0.497 e. The molecular formula is C23H25N3O4. The second-order valence-electron chi connectivity index (χ2n) is 6.40. The van der Waals surface area contributed by atoms with Crippen LogP contribution in [0.25, 0.3) is 11.3 Å². The van der Waals surface area contributed by atoms with Crippen LogP contribution in [-0.4, -0.2) is 42.7 Å². The van der Waals surface area contributed by atoms with Gasteiger partial charge in [0.25, 0.3) is 5.91 Å². The summed E-state index contributed by atoms with van der Waals surface area (Å²) in [5.74, 6) is 1.73. The van der Waals surface area contributed by atoms with Crippen LogP contribution < -0.4 is 14.8 Å². The monoisotopic (exact) mass is 407 g/mol. The van der Waals surface area contributed by atoms with E-state index in [1.54, 1.807) is 25.3 Å². The third-order valence-corrected chi connectivity index (χ3v) is 4.32. The Hall–Kier alpha value is -3.45. The number of nitrogens with one attached hydrogen (secondary N) is 1. The Morgan fingerprint density at radius 3 is 2.43 bits per heavy atom. The van der Waals surface area contributed by atoms with Crippen molar-refractivity contribution in [2.24, 2.45) is 0 Å². The smallest absolute Gasteiger partial charge is 0.251 e. The number of carbonyl (C=O) groups excluding carboxylic acids is 1. The van der Waals surface area contributed by atoms with E-state index in [4.69, 9.17) is 14.2 Å². The number of hydrogen-bond donors (Lipinski definition) is 1. The summed E-state index contributed by atoms with van der Waals surface area (Å²) in [5, 5.41) is 2.89. The van der Waals surface area contributed by atoms with Crippen LogP contribution in [0, 0.1) is 0 Å². The lowest BCUT2D eigenvalue weighted by Crippen LogP contribution is -2.25. The number of ether oxygens (including phenoxy) is 3. The fourth-order valence-corrected chi connectivity index (χ4v) is 2.73. The molecule has 0 aliphatic heterocycles.